The van der Waals surface area contributed by atoms with E-state index in [1.54, 1.807) is 22.5 Å². The van der Waals surface area contributed by atoms with E-state index in [0.29, 0.717) is 43.0 Å². The van der Waals surface area contributed by atoms with Crippen molar-refractivity contribution >= 4 is 28.3 Å². The number of benzene rings is 1. The Bertz CT molecular complexity index is 757. The van der Waals surface area contributed by atoms with Crippen molar-refractivity contribution < 1.29 is 13.2 Å². The minimum absolute atomic E-state index is 0. The largest absolute Gasteiger partial charge is 0.348 e. The first-order chi connectivity index (χ1) is 12.3. The molecule has 152 valence electrons. The summed E-state index contributed by atoms with van der Waals surface area (Å²) in [7, 11) is -3.59. The molecule has 0 bridgehead atoms. The molecule has 3 N–H and O–H groups in total. The summed E-state index contributed by atoms with van der Waals surface area (Å²) in [6, 6.07) is 6.29. The van der Waals surface area contributed by atoms with Crippen LogP contribution in [0.4, 0.5) is 0 Å². The highest BCUT2D eigenvalue weighted by Crippen LogP contribution is 2.32. The van der Waals surface area contributed by atoms with Gasteiger partial charge in [-0.2, -0.15) is 4.31 Å². The maximum atomic E-state index is 13.0. The topological polar surface area (TPSA) is 92.5 Å². The second-order valence-electron chi connectivity index (χ2n) is 7.95. The fourth-order valence-corrected chi connectivity index (χ4v) is 5.59. The maximum absolute atomic E-state index is 13.0. The molecule has 1 heterocycles. The SMILES string of the molecule is CC1CC(C)CN(S(=O)(=O)c2cccc(C(=O)NC(CN)C3CC3)c2)C1.Cl. The van der Waals surface area contributed by atoms with Gasteiger partial charge in [-0.3, -0.25) is 4.79 Å². The van der Waals surface area contributed by atoms with Gasteiger partial charge in [0.1, 0.15) is 0 Å². The number of halogens is 1. The van der Waals surface area contributed by atoms with Crippen molar-refractivity contribution in [3.8, 4) is 0 Å². The van der Waals surface area contributed by atoms with Crippen LogP contribution in [-0.4, -0.2) is 44.3 Å². The number of hydrogen-bond acceptors (Lipinski definition) is 4. The molecule has 2 aliphatic rings. The Labute approximate surface area is 168 Å². The summed E-state index contributed by atoms with van der Waals surface area (Å²) < 4.78 is 27.6. The molecule has 2 fully saturated rings. The lowest BCUT2D eigenvalue weighted by molar-refractivity contribution is 0.0933. The molecule has 8 heteroatoms. The predicted molar refractivity (Wildman–Crippen MR) is 108 cm³/mol. The fourth-order valence-electron chi connectivity index (χ4n) is 3.87. The lowest BCUT2D eigenvalue weighted by atomic mass is 9.94. The van der Waals surface area contributed by atoms with Crippen molar-refractivity contribution in [3.63, 3.8) is 0 Å². The highest BCUT2D eigenvalue weighted by atomic mass is 35.5. The number of nitrogens with two attached hydrogens (primary N) is 1. The lowest BCUT2D eigenvalue weighted by Gasteiger charge is -2.34. The molecule has 1 saturated heterocycles. The Balaban J connectivity index is 0.00000261. The van der Waals surface area contributed by atoms with Crippen LogP contribution in [0.15, 0.2) is 29.2 Å². The third kappa shape index (κ3) is 5.22. The summed E-state index contributed by atoms with van der Waals surface area (Å²) in [4.78, 5) is 12.7. The van der Waals surface area contributed by atoms with Crippen LogP contribution in [0.1, 0.15) is 43.5 Å². The molecule has 1 saturated carbocycles. The number of piperidine rings is 1. The summed E-state index contributed by atoms with van der Waals surface area (Å²) in [6.07, 6.45) is 3.21. The first-order valence-electron chi connectivity index (χ1n) is 9.42. The molecule has 1 aliphatic carbocycles. The zero-order valence-electron chi connectivity index (χ0n) is 15.9. The monoisotopic (exact) mass is 415 g/mol. The Morgan fingerprint density at radius 3 is 2.44 bits per heavy atom. The van der Waals surface area contributed by atoms with Crippen LogP contribution >= 0.6 is 12.4 Å². The molecule has 0 spiro atoms. The molecule has 0 aromatic heterocycles. The smallest absolute Gasteiger partial charge is 0.251 e. The molecule has 1 aromatic carbocycles. The zero-order chi connectivity index (χ0) is 18.9. The Kier molecular flexibility index (Phi) is 7.30. The summed E-state index contributed by atoms with van der Waals surface area (Å²) in [5.74, 6) is 0.865. The third-order valence-electron chi connectivity index (χ3n) is 5.33. The molecule has 1 amide bonds. The minimum atomic E-state index is -3.59. The Morgan fingerprint density at radius 1 is 1.26 bits per heavy atom. The standard InChI is InChI=1S/C19H29N3O3S.ClH/c1-13-8-14(2)12-22(11-13)26(24,25)17-5-3-4-16(9-17)19(23)21-18(10-20)15-6-7-15;/h3-5,9,13-15,18H,6-8,10-12,20H2,1-2H3,(H,21,23);1H. The van der Waals surface area contributed by atoms with Gasteiger partial charge in [-0.25, -0.2) is 8.42 Å². The molecule has 3 rings (SSSR count). The molecule has 0 radical (unpaired) electrons. The normalized spacial score (nSPS) is 24.7. The first-order valence-corrected chi connectivity index (χ1v) is 10.9. The van der Waals surface area contributed by atoms with E-state index in [9.17, 15) is 13.2 Å². The number of carbonyl (C=O) groups is 1. The van der Waals surface area contributed by atoms with Crippen molar-refractivity contribution in [2.24, 2.45) is 23.5 Å². The van der Waals surface area contributed by atoms with E-state index in [0.717, 1.165) is 19.3 Å². The van der Waals surface area contributed by atoms with Crippen LogP contribution in [0.5, 0.6) is 0 Å². The second-order valence-corrected chi connectivity index (χ2v) is 9.89. The van der Waals surface area contributed by atoms with Crippen molar-refractivity contribution in [1.82, 2.24) is 9.62 Å². The molecule has 1 aliphatic heterocycles. The quantitative estimate of drug-likeness (QED) is 0.745. The van der Waals surface area contributed by atoms with Crippen molar-refractivity contribution in [2.75, 3.05) is 19.6 Å². The van der Waals surface area contributed by atoms with Crippen LogP contribution < -0.4 is 11.1 Å². The minimum Gasteiger partial charge on any atom is -0.348 e. The summed E-state index contributed by atoms with van der Waals surface area (Å²) in [5, 5.41) is 2.94. The number of sulfonamides is 1. The first kappa shape index (κ1) is 22.1. The third-order valence-corrected chi connectivity index (χ3v) is 7.16. The van der Waals surface area contributed by atoms with Crippen molar-refractivity contribution in [3.05, 3.63) is 29.8 Å². The fraction of sp³-hybridized carbons (Fsp3) is 0.632. The summed E-state index contributed by atoms with van der Waals surface area (Å²) >= 11 is 0. The molecule has 1 aromatic rings. The van der Waals surface area contributed by atoms with Crippen molar-refractivity contribution in [2.45, 2.75) is 44.0 Å². The number of nitrogens with one attached hydrogen (secondary N) is 1. The molecule has 27 heavy (non-hydrogen) atoms. The van der Waals surface area contributed by atoms with E-state index in [2.05, 4.69) is 19.2 Å². The summed E-state index contributed by atoms with van der Waals surface area (Å²) in [5.41, 5.74) is 6.11. The van der Waals surface area contributed by atoms with E-state index in [1.807, 2.05) is 0 Å². The number of rotatable bonds is 6. The van der Waals surface area contributed by atoms with Gasteiger partial charge >= 0.3 is 0 Å². The van der Waals surface area contributed by atoms with E-state index >= 15 is 0 Å². The van der Waals surface area contributed by atoms with Gasteiger partial charge in [0.2, 0.25) is 10.0 Å². The lowest BCUT2D eigenvalue weighted by Crippen LogP contribution is -2.43. The van der Waals surface area contributed by atoms with E-state index < -0.39 is 10.0 Å². The van der Waals surface area contributed by atoms with Crippen LogP contribution in [0.3, 0.4) is 0 Å². The van der Waals surface area contributed by atoms with Gasteiger partial charge in [0.15, 0.2) is 0 Å². The van der Waals surface area contributed by atoms with E-state index in [1.165, 1.54) is 6.07 Å². The van der Waals surface area contributed by atoms with Gasteiger partial charge in [-0.1, -0.05) is 19.9 Å². The average Bonchev–Trinajstić information content (AvgIpc) is 3.43. The highest BCUT2D eigenvalue weighted by molar-refractivity contribution is 7.89. The van der Waals surface area contributed by atoms with Crippen molar-refractivity contribution in [1.29, 1.82) is 0 Å². The van der Waals surface area contributed by atoms with Gasteiger partial charge in [-0.15, -0.1) is 12.4 Å². The predicted octanol–water partition coefficient (Wildman–Crippen LogP) is 2.24. The van der Waals surface area contributed by atoms with E-state index in [4.69, 9.17) is 5.73 Å². The number of nitrogens with zero attached hydrogens (tertiary/aromatic N) is 1. The molecule has 3 unspecified atom stereocenters. The van der Waals surface area contributed by atoms with Crippen LogP contribution in [0.25, 0.3) is 0 Å². The molecular formula is C19H30ClN3O3S. The van der Waals surface area contributed by atoms with Gasteiger partial charge < -0.3 is 11.1 Å². The van der Waals surface area contributed by atoms with Gasteiger partial charge in [0.05, 0.1) is 4.90 Å². The van der Waals surface area contributed by atoms with Gasteiger partial charge in [-0.05, 0) is 55.2 Å². The molecular weight excluding hydrogens is 386 g/mol. The Hall–Kier alpha value is -1.15. The average molecular weight is 416 g/mol. The van der Waals surface area contributed by atoms with Gasteiger partial charge in [0, 0.05) is 31.2 Å². The number of amides is 1. The van der Waals surface area contributed by atoms with Crippen LogP contribution in [-0.2, 0) is 10.0 Å². The van der Waals surface area contributed by atoms with Gasteiger partial charge in [0.25, 0.3) is 5.91 Å². The van der Waals surface area contributed by atoms with Crippen LogP contribution in [0.2, 0.25) is 0 Å². The highest BCUT2D eigenvalue weighted by Gasteiger charge is 2.33. The summed E-state index contributed by atoms with van der Waals surface area (Å²) in [6.45, 7) is 5.61. The zero-order valence-corrected chi connectivity index (χ0v) is 17.6. The molecule has 3 atom stereocenters. The number of hydrogen-bond donors (Lipinski definition) is 2. The maximum Gasteiger partial charge on any atom is 0.251 e. The van der Waals surface area contributed by atoms with E-state index in [-0.39, 0.29) is 29.3 Å². The molecule has 6 nitrogen and oxygen atoms in total. The Morgan fingerprint density at radius 2 is 1.89 bits per heavy atom. The number of carbonyl (C=O) groups excluding carboxylic acids is 1. The second kappa shape index (κ2) is 8.90. The van der Waals surface area contributed by atoms with Crippen LogP contribution in [0, 0.1) is 17.8 Å².